The number of benzene rings is 1. The maximum Gasteiger partial charge on any atom is 0.270 e. The number of hydrogen-bond donors (Lipinski definition) is 2. The van der Waals surface area contributed by atoms with Crippen LogP contribution in [0.2, 0.25) is 0 Å². The number of fused-ring (bicyclic) bond motifs is 3. The molecule has 24 heavy (non-hydrogen) atoms. The molecular formula is C19H28N3O2+. The van der Waals surface area contributed by atoms with Gasteiger partial charge in [-0.2, -0.15) is 0 Å². The van der Waals surface area contributed by atoms with E-state index in [-0.39, 0.29) is 5.91 Å². The molecule has 0 saturated carbocycles. The van der Waals surface area contributed by atoms with Crippen molar-refractivity contribution in [3.05, 3.63) is 35.5 Å². The lowest BCUT2D eigenvalue weighted by Gasteiger charge is -2.25. The second-order valence-corrected chi connectivity index (χ2v) is 6.75. The minimum Gasteiger partial charge on any atom is -0.385 e. The Morgan fingerprint density at radius 3 is 2.67 bits per heavy atom. The van der Waals surface area contributed by atoms with E-state index >= 15 is 0 Å². The molecule has 0 radical (unpaired) electrons. The molecule has 1 aromatic carbocycles. The van der Waals surface area contributed by atoms with Gasteiger partial charge >= 0.3 is 0 Å². The van der Waals surface area contributed by atoms with Crippen LogP contribution >= 0.6 is 0 Å². The topological polar surface area (TPSA) is 49.9 Å². The maximum absolute atomic E-state index is 12.7. The minimum atomic E-state index is -0.458. The third-order valence-corrected chi connectivity index (χ3v) is 5.24. The number of carbonyl (C=O) groups is 1. The number of carbonyl (C=O) groups excluding carboxylic acids is 1. The Morgan fingerprint density at radius 1 is 1.25 bits per heavy atom. The first-order valence-electron chi connectivity index (χ1n) is 8.94. The van der Waals surface area contributed by atoms with Crippen LogP contribution in [0.1, 0.15) is 29.9 Å². The number of aromatic nitrogens is 1. The molecule has 0 unspecified atom stereocenters. The summed E-state index contributed by atoms with van der Waals surface area (Å²) in [5.41, 5.74) is 2.95. The Bertz CT molecular complexity index is 734. The molecule has 2 N–H and O–H groups in total. The molecule has 0 fully saturated rings. The van der Waals surface area contributed by atoms with Crippen molar-refractivity contribution in [3.8, 4) is 0 Å². The normalized spacial score (nSPS) is 16.0. The van der Waals surface area contributed by atoms with E-state index in [1.165, 1.54) is 4.90 Å². The summed E-state index contributed by atoms with van der Waals surface area (Å²) in [6.07, 6.45) is 0.419. The summed E-state index contributed by atoms with van der Waals surface area (Å²) in [6, 6.07) is 8.16. The van der Waals surface area contributed by atoms with Crippen molar-refractivity contribution in [2.75, 3.05) is 33.2 Å². The SMILES string of the molecule is CC[NH+](CC)C[C@@H](O)Cn1c2c(c3ccccc31)CCN(C)C2=O. The molecule has 2 heterocycles. The van der Waals surface area contributed by atoms with Gasteiger partial charge in [-0.25, -0.2) is 0 Å². The molecule has 1 aliphatic rings. The summed E-state index contributed by atoms with van der Waals surface area (Å²) in [6.45, 7) is 8.21. The number of hydrogen-bond acceptors (Lipinski definition) is 2. The van der Waals surface area contributed by atoms with Crippen LogP contribution in [-0.2, 0) is 13.0 Å². The third-order valence-electron chi connectivity index (χ3n) is 5.24. The lowest BCUT2D eigenvalue weighted by atomic mass is 10.0. The second kappa shape index (κ2) is 6.95. The van der Waals surface area contributed by atoms with Gasteiger partial charge in [0, 0.05) is 24.5 Å². The van der Waals surface area contributed by atoms with Crippen molar-refractivity contribution in [3.63, 3.8) is 0 Å². The van der Waals surface area contributed by atoms with Crippen LogP contribution in [0, 0.1) is 0 Å². The van der Waals surface area contributed by atoms with E-state index in [1.54, 1.807) is 4.90 Å². The molecule has 5 heteroatoms. The summed E-state index contributed by atoms with van der Waals surface area (Å²) in [5, 5.41) is 11.7. The third kappa shape index (κ3) is 2.94. The lowest BCUT2D eigenvalue weighted by molar-refractivity contribution is -0.899. The molecule has 0 spiro atoms. The number of rotatable bonds is 6. The van der Waals surface area contributed by atoms with Crippen molar-refractivity contribution >= 4 is 16.8 Å². The number of amides is 1. The number of aliphatic hydroxyl groups excluding tert-OH is 1. The summed E-state index contributed by atoms with van der Waals surface area (Å²) < 4.78 is 2.04. The predicted octanol–water partition coefficient (Wildman–Crippen LogP) is 0.555. The van der Waals surface area contributed by atoms with Crippen LogP contribution in [0.4, 0.5) is 0 Å². The first-order valence-corrected chi connectivity index (χ1v) is 8.94. The fourth-order valence-corrected chi connectivity index (χ4v) is 3.77. The van der Waals surface area contributed by atoms with Gasteiger partial charge in [-0.05, 0) is 31.9 Å². The summed E-state index contributed by atoms with van der Waals surface area (Å²) in [5.74, 6) is 0.0647. The standard InChI is InChI=1S/C19H27N3O2/c1-4-21(5-2)12-14(23)13-22-17-9-7-6-8-15(17)16-10-11-20(3)19(24)18(16)22/h6-9,14,23H,4-5,10-13H2,1-3H3/p+1/t14-/m1/s1. The van der Waals surface area contributed by atoms with Crippen LogP contribution < -0.4 is 4.90 Å². The highest BCUT2D eigenvalue weighted by Crippen LogP contribution is 2.30. The van der Waals surface area contributed by atoms with Crippen molar-refractivity contribution in [2.24, 2.45) is 0 Å². The Labute approximate surface area is 143 Å². The largest absolute Gasteiger partial charge is 0.385 e. The van der Waals surface area contributed by atoms with Crippen LogP contribution in [0.25, 0.3) is 10.9 Å². The number of nitrogens with one attached hydrogen (secondary N) is 1. The summed E-state index contributed by atoms with van der Waals surface area (Å²) in [4.78, 5) is 15.9. The van der Waals surface area contributed by atoms with Crippen LogP contribution in [0.15, 0.2) is 24.3 Å². The van der Waals surface area contributed by atoms with Crippen LogP contribution in [0.5, 0.6) is 0 Å². The zero-order valence-electron chi connectivity index (χ0n) is 14.9. The maximum atomic E-state index is 12.7. The molecule has 5 nitrogen and oxygen atoms in total. The molecule has 0 bridgehead atoms. The molecule has 2 aromatic rings. The highest BCUT2D eigenvalue weighted by molar-refractivity contribution is 6.02. The monoisotopic (exact) mass is 330 g/mol. The average molecular weight is 330 g/mol. The van der Waals surface area contributed by atoms with E-state index in [2.05, 4.69) is 26.0 Å². The van der Waals surface area contributed by atoms with E-state index in [9.17, 15) is 9.90 Å². The van der Waals surface area contributed by atoms with E-state index < -0.39 is 6.10 Å². The molecule has 3 rings (SSSR count). The fraction of sp³-hybridized carbons (Fsp3) is 0.526. The molecule has 1 atom stereocenters. The second-order valence-electron chi connectivity index (χ2n) is 6.75. The number of likely N-dealkylation sites (N-methyl/N-ethyl adjacent to an activating group) is 2. The molecule has 1 aliphatic heterocycles. The smallest absolute Gasteiger partial charge is 0.270 e. The first kappa shape index (κ1) is 17.0. The Hall–Kier alpha value is -1.85. The molecule has 1 amide bonds. The highest BCUT2D eigenvalue weighted by Gasteiger charge is 2.29. The van der Waals surface area contributed by atoms with Crippen molar-refractivity contribution in [2.45, 2.75) is 32.9 Å². The predicted molar refractivity (Wildman–Crippen MR) is 95.5 cm³/mol. The fourth-order valence-electron chi connectivity index (χ4n) is 3.77. The zero-order valence-corrected chi connectivity index (χ0v) is 14.9. The Balaban J connectivity index is 1.99. The number of quaternary nitrogens is 1. The highest BCUT2D eigenvalue weighted by atomic mass is 16.3. The molecule has 0 saturated heterocycles. The quantitative estimate of drug-likeness (QED) is 0.813. The van der Waals surface area contributed by atoms with Gasteiger partial charge < -0.3 is 19.5 Å². The number of para-hydroxylation sites is 1. The summed E-state index contributed by atoms with van der Waals surface area (Å²) >= 11 is 0. The van der Waals surface area contributed by atoms with E-state index in [0.717, 1.165) is 48.2 Å². The van der Waals surface area contributed by atoms with Crippen molar-refractivity contribution < 1.29 is 14.8 Å². The van der Waals surface area contributed by atoms with Gasteiger partial charge in [0.1, 0.15) is 18.3 Å². The lowest BCUT2D eigenvalue weighted by Crippen LogP contribution is -3.12. The van der Waals surface area contributed by atoms with Gasteiger partial charge in [-0.3, -0.25) is 4.79 Å². The Morgan fingerprint density at radius 2 is 1.96 bits per heavy atom. The van der Waals surface area contributed by atoms with Gasteiger partial charge in [0.15, 0.2) is 0 Å². The summed E-state index contributed by atoms with van der Waals surface area (Å²) in [7, 11) is 1.85. The van der Waals surface area contributed by atoms with Crippen LogP contribution in [0.3, 0.4) is 0 Å². The minimum absolute atomic E-state index is 0.0647. The number of nitrogens with zero attached hydrogens (tertiary/aromatic N) is 2. The van der Waals surface area contributed by atoms with Crippen molar-refractivity contribution in [1.82, 2.24) is 9.47 Å². The molecule has 0 aliphatic carbocycles. The van der Waals surface area contributed by atoms with Crippen molar-refractivity contribution in [1.29, 1.82) is 0 Å². The van der Waals surface area contributed by atoms with E-state index in [4.69, 9.17) is 0 Å². The van der Waals surface area contributed by atoms with Gasteiger partial charge in [0.25, 0.3) is 5.91 Å². The van der Waals surface area contributed by atoms with Gasteiger partial charge in [-0.1, -0.05) is 18.2 Å². The average Bonchev–Trinajstić information content (AvgIpc) is 2.90. The van der Waals surface area contributed by atoms with Gasteiger partial charge in [0.05, 0.1) is 19.6 Å². The number of aliphatic hydroxyl groups is 1. The van der Waals surface area contributed by atoms with Crippen LogP contribution in [-0.4, -0.2) is 59.8 Å². The molecule has 1 aromatic heterocycles. The Kier molecular flexibility index (Phi) is 4.92. The first-order chi connectivity index (χ1) is 11.6. The molecular weight excluding hydrogens is 302 g/mol. The molecule has 130 valence electrons. The van der Waals surface area contributed by atoms with Gasteiger partial charge in [-0.15, -0.1) is 0 Å². The van der Waals surface area contributed by atoms with Gasteiger partial charge in [0.2, 0.25) is 0 Å². The van der Waals surface area contributed by atoms with E-state index in [1.807, 2.05) is 23.7 Å². The zero-order chi connectivity index (χ0) is 17.3. The van der Waals surface area contributed by atoms with E-state index in [0.29, 0.717) is 13.1 Å².